The second-order valence-electron chi connectivity index (χ2n) is 5.64. The number of halogens is 2. The third-order valence-corrected chi connectivity index (χ3v) is 5.24. The Morgan fingerprint density at radius 1 is 1.46 bits per heavy atom. The molecule has 0 saturated carbocycles. The zero-order valence-electron chi connectivity index (χ0n) is 13.1. The number of amides is 2. The Hall–Kier alpha value is -1.50. The van der Waals surface area contributed by atoms with Crippen molar-refractivity contribution in [2.24, 2.45) is 0 Å². The number of hydrogen-bond donors (Lipinski definition) is 1. The third kappa shape index (κ3) is 4.32. The van der Waals surface area contributed by atoms with Crippen molar-refractivity contribution in [1.82, 2.24) is 9.88 Å². The van der Waals surface area contributed by atoms with Gasteiger partial charge in [0.1, 0.15) is 16.2 Å². The van der Waals surface area contributed by atoms with Crippen molar-refractivity contribution in [3.05, 3.63) is 39.3 Å². The van der Waals surface area contributed by atoms with Crippen LogP contribution < -0.4 is 10.1 Å². The molecule has 2 amide bonds. The first kappa shape index (κ1) is 17.3. The number of benzene rings is 1. The number of anilines is 1. The zero-order valence-corrected chi connectivity index (χ0v) is 15.4. The molecule has 1 saturated heterocycles. The van der Waals surface area contributed by atoms with E-state index in [4.69, 9.17) is 27.9 Å². The molecule has 2 aromatic rings. The van der Waals surface area contributed by atoms with Gasteiger partial charge >= 0.3 is 6.03 Å². The Kier molecular flexibility index (Phi) is 5.48. The first-order valence-electron chi connectivity index (χ1n) is 7.61. The standard InChI is InChI=1S/C16H17Cl2N3O2S/c1-10-7-11(4-5-13(10)17)23-12-3-2-6-21(9-12)16(22)20-15-19-8-14(18)24-15/h4-5,7-8,12H,2-3,6,9H2,1H3,(H,19,20,22). The summed E-state index contributed by atoms with van der Waals surface area (Å²) < 4.78 is 6.56. The molecule has 0 spiro atoms. The number of hydrogen-bond acceptors (Lipinski definition) is 4. The molecular formula is C16H17Cl2N3O2S. The Labute approximate surface area is 154 Å². The second kappa shape index (κ2) is 7.59. The van der Waals surface area contributed by atoms with E-state index in [0.29, 0.717) is 27.6 Å². The molecule has 1 atom stereocenters. The van der Waals surface area contributed by atoms with Crippen LogP contribution in [0.1, 0.15) is 18.4 Å². The van der Waals surface area contributed by atoms with Crippen LogP contribution in [0.2, 0.25) is 9.36 Å². The summed E-state index contributed by atoms with van der Waals surface area (Å²) in [4.78, 5) is 18.1. The molecule has 3 rings (SSSR count). The number of aryl methyl sites for hydroxylation is 1. The fraction of sp³-hybridized carbons (Fsp3) is 0.375. The predicted octanol–water partition coefficient (Wildman–Crippen LogP) is 4.83. The van der Waals surface area contributed by atoms with Crippen molar-refractivity contribution in [1.29, 1.82) is 0 Å². The predicted molar refractivity (Wildman–Crippen MR) is 97.6 cm³/mol. The summed E-state index contributed by atoms with van der Waals surface area (Å²) >= 11 is 13.1. The largest absolute Gasteiger partial charge is 0.489 e. The lowest BCUT2D eigenvalue weighted by Crippen LogP contribution is -2.46. The highest BCUT2D eigenvalue weighted by atomic mass is 35.5. The van der Waals surface area contributed by atoms with E-state index in [1.54, 1.807) is 4.90 Å². The molecule has 128 valence electrons. The molecule has 1 unspecified atom stereocenters. The minimum atomic E-state index is -0.179. The van der Waals surface area contributed by atoms with Crippen LogP contribution in [0.4, 0.5) is 9.93 Å². The van der Waals surface area contributed by atoms with Gasteiger partial charge in [-0.25, -0.2) is 9.78 Å². The monoisotopic (exact) mass is 385 g/mol. The normalized spacial score (nSPS) is 17.6. The van der Waals surface area contributed by atoms with Gasteiger partial charge in [-0.1, -0.05) is 34.5 Å². The third-order valence-electron chi connectivity index (χ3n) is 3.79. The van der Waals surface area contributed by atoms with E-state index in [1.165, 1.54) is 17.5 Å². The van der Waals surface area contributed by atoms with Crippen molar-refractivity contribution >= 4 is 45.7 Å². The van der Waals surface area contributed by atoms with Gasteiger partial charge in [0.15, 0.2) is 5.13 Å². The molecule has 1 aliphatic heterocycles. The number of thiazole rings is 1. The van der Waals surface area contributed by atoms with Gasteiger partial charge in [-0.05, 0) is 43.5 Å². The summed E-state index contributed by atoms with van der Waals surface area (Å²) in [6.45, 7) is 3.17. The maximum absolute atomic E-state index is 12.3. The molecule has 1 fully saturated rings. The molecule has 0 radical (unpaired) electrons. The molecule has 5 nitrogen and oxygen atoms in total. The van der Waals surface area contributed by atoms with Crippen molar-refractivity contribution in [3.63, 3.8) is 0 Å². The van der Waals surface area contributed by atoms with Crippen LogP contribution in [0.5, 0.6) is 5.75 Å². The van der Waals surface area contributed by atoms with Crippen molar-refractivity contribution < 1.29 is 9.53 Å². The van der Waals surface area contributed by atoms with E-state index < -0.39 is 0 Å². The van der Waals surface area contributed by atoms with E-state index >= 15 is 0 Å². The first-order valence-corrected chi connectivity index (χ1v) is 9.18. The van der Waals surface area contributed by atoms with Crippen LogP contribution in [-0.4, -0.2) is 35.1 Å². The van der Waals surface area contributed by atoms with Crippen molar-refractivity contribution in [3.8, 4) is 5.75 Å². The minimum Gasteiger partial charge on any atom is -0.489 e. The molecule has 0 bridgehead atoms. The maximum Gasteiger partial charge on any atom is 0.323 e. The molecule has 1 aliphatic rings. The quantitative estimate of drug-likeness (QED) is 0.822. The molecule has 2 heterocycles. The highest BCUT2D eigenvalue weighted by molar-refractivity contribution is 7.19. The van der Waals surface area contributed by atoms with Gasteiger partial charge in [-0.3, -0.25) is 5.32 Å². The van der Waals surface area contributed by atoms with Crippen LogP contribution in [-0.2, 0) is 0 Å². The summed E-state index contributed by atoms with van der Waals surface area (Å²) in [6.07, 6.45) is 3.29. The van der Waals surface area contributed by atoms with Gasteiger partial charge in [0, 0.05) is 11.6 Å². The number of ether oxygens (including phenoxy) is 1. The van der Waals surface area contributed by atoms with Crippen LogP contribution in [0.25, 0.3) is 0 Å². The van der Waals surface area contributed by atoms with Crippen LogP contribution in [0, 0.1) is 6.92 Å². The lowest BCUT2D eigenvalue weighted by atomic mass is 10.1. The number of urea groups is 1. The minimum absolute atomic E-state index is 0.0371. The maximum atomic E-state index is 12.3. The number of carbonyl (C=O) groups excluding carboxylic acids is 1. The van der Waals surface area contributed by atoms with Crippen molar-refractivity contribution in [2.75, 3.05) is 18.4 Å². The molecule has 0 aliphatic carbocycles. The first-order chi connectivity index (χ1) is 11.5. The van der Waals surface area contributed by atoms with Crippen LogP contribution >= 0.6 is 34.5 Å². The Bertz CT molecular complexity index is 738. The van der Waals surface area contributed by atoms with E-state index in [1.807, 2.05) is 25.1 Å². The molecule has 24 heavy (non-hydrogen) atoms. The highest BCUT2D eigenvalue weighted by Crippen LogP contribution is 2.25. The highest BCUT2D eigenvalue weighted by Gasteiger charge is 2.25. The second-order valence-corrected chi connectivity index (χ2v) is 7.71. The molecule has 1 N–H and O–H groups in total. The Morgan fingerprint density at radius 3 is 3.00 bits per heavy atom. The smallest absolute Gasteiger partial charge is 0.323 e. The van der Waals surface area contributed by atoms with Gasteiger partial charge in [0.2, 0.25) is 0 Å². The number of rotatable bonds is 3. The average Bonchev–Trinajstić information content (AvgIpc) is 2.96. The number of likely N-dealkylation sites (tertiary alicyclic amines) is 1. The molecular weight excluding hydrogens is 369 g/mol. The van der Waals surface area contributed by atoms with Gasteiger partial charge in [0.25, 0.3) is 0 Å². The fourth-order valence-corrected chi connectivity index (χ4v) is 3.50. The van der Waals surface area contributed by atoms with E-state index in [2.05, 4.69) is 10.3 Å². The zero-order chi connectivity index (χ0) is 17.1. The number of nitrogens with one attached hydrogen (secondary N) is 1. The van der Waals surface area contributed by atoms with Gasteiger partial charge in [-0.15, -0.1) is 0 Å². The molecule has 1 aromatic carbocycles. The summed E-state index contributed by atoms with van der Waals surface area (Å²) in [6, 6.07) is 5.41. The fourth-order valence-electron chi connectivity index (χ4n) is 2.58. The summed E-state index contributed by atoms with van der Waals surface area (Å²) in [7, 11) is 0. The van der Waals surface area contributed by atoms with Crippen LogP contribution in [0.15, 0.2) is 24.4 Å². The number of carbonyl (C=O) groups is 1. The summed E-state index contributed by atoms with van der Waals surface area (Å²) in [5.41, 5.74) is 0.972. The SMILES string of the molecule is Cc1cc(OC2CCCN(C(=O)Nc3ncc(Cl)s3)C2)ccc1Cl. The number of aromatic nitrogens is 1. The number of piperidine rings is 1. The summed E-state index contributed by atoms with van der Waals surface area (Å²) in [5.74, 6) is 0.774. The lowest BCUT2D eigenvalue weighted by Gasteiger charge is -2.32. The summed E-state index contributed by atoms with van der Waals surface area (Å²) in [5, 5.41) is 3.99. The Morgan fingerprint density at radius 2 is 2.29 bits per heavy atom. The topological polar surface area (TPSA) is 54.5 Å². The molecule has 8 heteroatoms. The van der Waals surface area contributed by atoms with Gasteiger partial charge < -0.3 is 9.64 Å². The van der Waals surface area contributed by atoms with Gasteiger partial charge in [-0.2, -0.15) is 0 Å². The van der Waals surface area contributed by atoms with Crippen LogP contribution in [0.3, 0.4) is 0 Å². The van der Waals surface area contributed by atoms with Gasteiger partial charge in [0.05, 0.1) is 12.7 Å². The van der Waals surface area contributed by atoms with E-state index in [-0.39, 0.29) is 12.1 Å². The molecule has 1 aromatic heterocycles. The van der Waals surface area contributed by atoms with E-state index in [0.717, 1.165) is 24.2 Å². The Balaban J connectivity index is 1.59. The van der Waals surface area contributed by atoms with E-state index in [9.17, 15) is 4.79 Å². The lowest BCUT2D eigenvalue weighted by molar-refractivity contribution is 0.106. The van der Waals surface area contributed by atoms with Crippen molar-refractivity contribution in [2.45, 2.75) is 25.9 Å². The average molecular weight is 386 g/mol. The number of nitrogens with zero attached hydrogens (tertiary/aromatic N) is 2.